The molecule has 0 aromatic carbocycles. The molecule has 0 N–H and O–H groups in total. The summed E-state index contributed by atoms with van der Waals surface area (Å²) in [5.74, 6) is 0.904. The van der Waals surface area contributed by atoms with Crippen LogP contribution in [0.5, 0.6) is 0 Å². The fourth-order valence-corrected chi connectivity index (χ4v) is 6.82. The zero-order valence-corrected chi connectivity index (χ0v) is 12.6. The van der Waals surface area contributed by atoms with Crippen molar-refractivity contribution in [1.82, 2.24) is 4.57 Å². The van der Waals surface area contributed by atoms with Crippen LogP contribution in [0.3, 0.4) is 0 Å². The Morgan fingerprint density at radius 2 is 1.71 bits per heavy atom. The van der Waals surface area contributed by atoms with E-state index in [1.807, 2.05) is 14.2 Å². The van der Waals surface area contributed by atoms with Gasteiger partial charge in [0.25, 0.3) is 0 Å². The Hall–Kier alpha value is 0.0969. The Morgan fingerprint density at radius 3 is 2.35 bits per heavy atom. The number of piperidine rings is 1. The maximum Gasteiger partial charge on any atom is 0.427 e. The third-order valence-corrected chi connectivity index (χ3v) is 8.37. The normalized spacial score (nSPS) is 31.2. The second-order valence-corrected chi connectivity index (χ2v) is 8.95. The van der Waals surface area contributed by atoms with Gasteiger partial charge < -0.3 is 8.85 Å². The van der Waals surface area contributed by atoms with Crippen molar-refractivity contribution in [3.8, 4) is 0 Å². The van der Waals surface area contributed by atoms with Crippen LogP contribution < -0.4 is 0 Å². The van der Waals surface area contributed by atoms with Crippen LogP contribution in [-0.4, -0.2) is 40.1 Å². The Morgan fingerprint density at radius 1 is 1.06 bits per heavy atom. The molecule has 0 amide bonds. The van der Waals surface area contributed by atoms with Gasteiger partial charge in [-0.2, -0.15) is 0 Å². The van der Waals surface area contributed by atoms with Crippen molar-refractivity contribution < 1.29 is 8.85 Å². The van der Waals surface area contributed by atoms with E-state index in [1.165, 1.54) is 45.1 Å². The van der Waals surface area contributed by atoms with Gasteiger partial charge in [0.1, 0.15) is 0 Å². The number of hydrogen-bond donors (Lipinski definition) is 0. The quantitative estimate of drug-likeness (QED) is 0.723. The van der Waals surface area contributed by atoms with Crippen LogP contribution in [0, 0.1) is 5.92 Å². The molecule has 0 aromatic rings. The van der Waals surface area contributed by atoms with E-state index < -0.39 is 8.72 Å². The van der Waals surface area contributed by atoms with Gasteiger partial charge >= 0.3 is 8.72 Å². The first-order valence-electron chi connectivity index (χ1n) is 7.14. The minimum absolute atomic E-state index is 0.740. The highest BCUT2D eigenvalue weighted by molar-refractivity contribution is 6.64. The summed E-state index contributed by atoms with van der Waals surface area (Å²) in [7, 11) is 1.59. The molecule has 0 radical (unpaired) electrons. The standard InChI is InChI=1S/C13H27NO2Si/c1-4-17(15-2,16-3)14-11-7-9-12-8-5-6-10-13(12)14/h12-13H,4-11H2,1-3H3. The zero-order valence-electron chi connectivity index (χ0n) is 11.6. The molecule has 1 saturated heterocycles. The molecular weight excluding hydrogens is 230 g/mol. The van der Waals surface area contributed by atoms with Crippen LogP contribution in [0.1, 0.15) is 45.4 Å². The third-order valence-electron chi connectivity index (χ3n) is 4.77. The van der Waals surface area contributed by atoms with Crippen LogP contribution in [-0.2, 0) is 8.85 Å². The second-order valence-electron chi connectivity index (χ2n) is 5.42. The van der Waals surface area contributed by atoms with E-state index in [0.29, 0.717) is 0 Å². The maximum absolute atomic E-state index is 5.87. The Kier molecular flexibility index (Phi) is 4.63. The molecule has 0 aromatic heterocycles. The number of fused-ring (bicyclic) bond motifs is 1. The molecule has 0 spiro atoms. The van der Waals surface area contributed by atoms with E-state index in [0.717, 1.165) is 18.0 Å². The first kappa shape index (κ1) is 13.5. The maximum atomic E-state index is 5.87. The van der Waals surface area contributed by atoms with Gasteiger partial charge in [0.2, 0.25) is 0 Å². The lowest BCUT2D eigenvalue weighted by molar-refractivity contribution is 0.0605. The molecule has 4 heteroatoms. The molecule has 2 atom stereocenters. The lowest BCUT2D eigenvalue weighted by Gasteiger charge is -2.50. The average molecular weight is 257 g/mol. The smallest absolute Gasteiger partial charge is 0.386 e. The summed E-state index contributed by atoms with van der Waals surface area (Å²) in [5, 5.41) is 0. The third kappa shape index (κ3) is 2.45. The van der Waals surface area contributed by atoms with Gasteiger partial charge in [-0.05, 0) is 38.1 Å². The summed E-state index contributed by atoms with van der Waals surface area (Å²) in [6.07, 6.45) is 8.33. The van der Waals surface area contributed by atoms with Gasteiger partial charge in [-0.3, -0.25) is 4.57 Å². The van der Waals surface area contributed by atoms with Crippen molar-refractivity contribution in [1.29, 1.82) is 0 Å². The second kappa shape index (κ2) is 5.82. The minimum Gasteiger partial charge on any atom is -0.386 e. The molecule has 2 fully saturated rings. The average Bonchev–Trinajstić information content (AvgIpc) is 2.41. The molecule has 100 valence electrons. The SMILES string of the molecule is CC[Si](OC)(OC)N1CCCC2CCCCC21. The molecule has 17 heavy (non-hydrogen) atoms. The summed E-state index contributed by atoms with van der Waals surface area (Å²) in [6, 6.07) is 1.77. The van der Waals surface area contributed by atoms with Crippen LogP contribution in [0.25, 0.3) is 0 Å². The van der Waals surface area contributed by atoms with Gasteiger partial charge in [0.15, 0.2) is 0 Å². The Labute approximate surface area is 107 Å². The predicted molar refractivity (Wildman–Crippen MR) is 71.9 cm³/mol. The Bertz CT molecular complexity index is 235. The summed E-state index contributed by atoms with van der Waals surface area (Å²) >= 11 is 0. The van der Waals surface area contributed by atoms with E-state index >= 15 is 0 Å². The van der Waals surface area contributed by atoms with Crippen LogP contribution >= 0.6 is 0 Å². The molecule has 1 aliphatic carbocycles. The van der Waals surface area contributed by atoms with E-state index in [-0.39, 0.29) is 0 Å². The van der Waals surface area contributed by atoms with Crippen LogP contribution in [0.2, 0.25) is 6.04 Å². The highest BCUT2D eigenvalue weighted by atomic mass is 28.4. The number of nitrogens with zero attached hydrogens (tertiary/aromatic N) is 1. The van der Waals surface area contributed by atoms with Crippen molar-refractivity contribution in [3.63, 3.8) is 0 Å². The van der Waals surface area contributed by atoms with Gasteiger partial charge in [-0.15, -0.1) is 0 Å². The van der Waals surface area contributed by atoms with E-state index in [9.17, 15) is 0 Å². The molecule has 0 bridgehead atoms. The van der Waals surface area contributed by atoms with Gasteiger partial charge in [-0.1, -0.05) is 19.8 Å². The summed E-state index contributed by atoms with van der Waals surface area (Å²) in [5.41, 5.74) is 0. The first-order valence-corrected chi connectivity index (χ1v) is 9.11. The van der Waals surface area contributed by atoms with Gasteiger partial charge in [-0.25, -0.2) is 0 Å². The van der Waals surface area contributed by atoms with Crippen molar-refractivity contribution >= 4 is 8.72 Å². The predicted octanol–water partition coefficient (Wildman–Crippen LogP) is 2.89. The summed E-state index contributed by atoms with van der Waals surface area (Å²) < 4.78 is 14.4. The highest BCUT2D eigenvalue weighted by Gasteiger charge is 2.48. The number of rotatable bonds is 4. The fraction of sp³-hybridized carbons (Fsp3) is 1.00. The lowest BCUT2D eigenvalue weighted by atomic mass is 9.79. The first-order chi connectivity index (χ1) is 8.27. The molecule has 1 saturated carbocycles. The molecule has 2 aliphatic rings. The monoisotopic (exact) mass is 257 g/mol. The van der Waals surface area contributed by atoms with E-state index in [4.69, 9.17) is 8.85 Å². The van der Waals surface area contributed by atoms with Crippen molar-refractivity contribution in [3.05, 3.63) is 0 Å². The van der Waals surface area contributed by atoms with Crippen molar-refractivity contribution in [2.75, 3.05) is 20.8 Å². The molecule has 1 heterocycles. The molecule has 1 aliphatic heterocycles. The van der Waals surface area contributed by atoms with Crippen LogP contribution in [0.15, 0.2) is 0 Å². The topological polar surface area (TPSA) is 21.7 Å². The molecular formula is C13H27NO2Si. The Balaban J connectivity index is 2.16. The number of hydrogen-bond acceptors (Lipinski definition) is 3. The van der Waals surface area contributed by atoms with Gasteiger partial charge in [0.05, 0.1) is 0 Å². The van der Waals surface area contributed by atoms with Crippen molar-refractivity contribution in [2.45, 2.75) is 57.5 Å². The fourth-order valence-electron chi connectivity index (χ4n) is 3.86. The summed E-state index contributed by atoms with van der Waals surface area (Å²) in [6.45, 7) is 3.40. The zero-order chi connectivity index (χ0) is 12.3. The van der Waals surface area contributed by atoms with E-state index in [2.05, 4.69) is 11.5 Å². The lowest BCUT2D eigenvalue weighted by Crippen LogP contribution is -2.64. The van der Waals surface area contributed by atoms with E-state index in [1.54, 1.807) is 0 Å². The largest absolute Gasteiger partial charge is 0.427 e. The van der Waals surface area contributed by atoms with Gasteiger partial charge in [0, 0.05) is 26.3 Å². The van der Waals surface area contributed by atoms with Crippen LogP contribution in [0.4, 0.5) is 0 Å². The highest BCUT2D eigenvalue weighted by Crippen LogP contribution is 2.38. The summed E-state index contributed by atoms with van der Waals surface area (Å²) in [4.78, 5) is 0. The minimum atomic E-state index is -2.09. The molecule has 2 rings (SSSR count). The molecule has 3 nitrogen and oxygen atoms in total. The van der Waals surface area contributed by atoms with Crippen molar-refractivity contribution in [2.24, 2.45) is 5.92 Å². The molecule has 2 unspecified atom stereocenters.